The van der Waals surface area contributed by atoms with Crippen LogP contribution in [0.4, 0.5) is 10.5 Å². The van der Waals surface area contributed by atoms with Crippen LogP contribution < -0.4 is 10.0 Å². The van der Waals surface area contributed by atoms with E-state index < -0.39 is 10.6 Å². The molecule has 2 amide bonds. The molecule has 0 spiro atoms. The third-order valence-corrected chi connectivity index (χ3v) is 3.40. The van der Waals surface area contributed by atoms with Gasteiger partial charge in [0.15, 0.2) is 0 Å². The number of amides is 2. The number of hydrogen-bond acceptors (Lipinski definition) is 5. The Kier molecular flexibility index (Phi) is 3.49. The van der Waals surface area contributed by atoms with Crippen LogP contribution in [0.25, 0.3) is 0 Å². The minimum Gasteiger partial charge on any atom is -0.498 e. The number of rotatable bonds is 2. The predicted octanol–water partition coefficient (Wildman–Crippen LogP) is -0.129. The number of pyridine rings is 1. The van der Waals surface area contributed by atoms with Gasteiger partial charge in [-0.1, -0.05) is 11.6 Å². The number of piperazine rings is 1. The Bertz CT molecular complexity index is 455. The van der Waals surface area contributed by atoms with E-state index in [-0.39, 0.29) is 13.1 Å². The lowest BCUT2D eigenvalue weighted by Crippen LogP contribution is -2.65. The molecule has 1 aromatic heterocycles. The molecular weight excluding hydrogens is 258 g/mol. The molecule has 2 heterocycles. The summed E-state index contributed by atoms with van der Waals surface area (Å²) in [5.41, 5.74) is 0.862. The lowest BCUT2D eigenvalue weighted by atomic mass is 10.2. The number of imide groups is 1. The summed E-state index contributed by atoms with van der Waals surface area (Å²) in [5, 5.41) is 11.4. The average molecular weight is 270 g/mol. The number of halogens is 1. The quantitative estimate of drug-likeness (QED) is 0.425. The van der Waals surface area contributed by atoms with Gasteiger partial charge in [0, 0.05) is 0 Å². The first-order valence-electron chi connectivity index (χ1n) is 5.48. The summed E-state index contributed by atoms with van der Waals surface area (Å²) in [5.74, 6) is 0. The van der Waals surface area contributed by atoms with Crippen molar-refractivity contribution >= 4 is 29.8 Å². The van der Waals surface area contributed by atoms with Crippen molar-refractivity contribution in [2.45, 2.75) is 0 Å². The Balaban J connectivity index is 2.08. The third kappa shape index (κ3) is 2.30. The van der Waals surface area contributed by atoms with E-state index in [2.05, 4.69) is 4.98 Å². The van der Waals surface area contributed by atoms with E-state index in [1.165, 1.54) is 0 Å². The molecule has 2 rings (SSSR count). The zero-order valence-electron chi connectivity index (χ0n) is 9.58. The predicted molar refractivity (Wildman–Crippen MR) is 62.9 cm³/mol. The molecule has 18 heavy (non-hydrogen) atoms. The van der Waals surface area contributed by atoms with Crippen molar-refractivity contribution < 1.29 is 19.2 Å². The monoisotopic (exact) mass is 269 g/mol. The molecule has 0 N–H and O–H groups in total. The van der Waals surface area contributed by atoms with Crippen molar-refractivity contribution in [3.8, 4) is 0 Å². The van der Waals surface area contributed by atoms with Gasteiger partial charge in [-0.25, -0.2) is 14.3 Å². The van der Waals surface area contributed by atoms with E-state index in [0.717, 1.165) is 5.69 Å². The molecule has 1 aromatic rings. The number of carboxylic acid groups (broad SMARTS) is 1. The highest BCUT2D eigenvalue weighted by Crippen LogP contribution is 2.19. The summed E-state index contributed by atoms with van der Waals surface area (Å²) < 4.78 is -0.641. The molecule has 0 unspecified atom stereocenters. The fourth-order valence-electron chi connectivity index (χ4n) is 1.97. The van der Waals surface area contributed by atoms with E-state index in [1.54, 1.807) is 12.3 Å². The van der Waals surface area contributed by atoms with Crippen LogP contribution in [0.5, 0.6) is 0 Å². The Morgan fingerprint density at radius 2 is 2.11 bits per heavy atom. The van der Waals surface area contributed by atoms with Crippen LogP contribution in [-0.2, 0) is 4.79 Å². The van der Waals surface area contributed by atoms with Gasteiger partial charge in [-0.3, -0.25) is 0 Å². The van der Waals surface area contributed by atoms with Crippen molar-refractivity contribution in [1.82, 2.24) is 4.98 Å². The first-order chi connectivity index (χ1) is 8.57. The number of carbonyl (C=O) groups is 2. The molecule has 0 radical (unpaired) electrons. The number of anilines is 1. The van der Waals surface area contributed by atoms with Crippen molar-refractivity contribution in [1.29, 1.82) is 0 Å². The van der Waals surface area contributed by atoms with Crippen LogP contribution in [0.3, 0.4) is 0 Å². The molecule has 1 saturated heterocycles. The number of nitrogens with zero attached hydrogens (tertiary/aromatic N) is 3. The molecule has 6 nitrogen and oxygen atoms in total. The van der Waals surface area contributed by atoms with Crippen LogP contribution >= 0.6 is 11.6 Å². The number of aromatic nitrogens is 1. The Morgan fingerprint density at radius 3 is 2.56 bits per heavy atom. The number of quaternary nitrogens is 1. The molecule has 96 valence electrons. The Morgan fingerprint density at radius 1 is 1.44 bits per heavy atom. The van der Waals surface area contributed by atoms with E-state index in [9.17, 15) is 14.7 Å². The smallest absolute Gasteiger partial charge is 0.307 e. The molecule has 1 fully saturated rings. The minimum absolute atomic E-state index is 0.189. The van der Waals surface area contributed by atoms with Crippen LogP contribution in [0.15, 0.2) is 18.3 Å². The van der Waals surface area contributed by atoms with Gasteiger partial charge in [0.1, 0.15) is 18.2 Å². The largest absolute Gasteiger partial charge is 0.498 e. The van der Waals surface area contributed by atoms with Crippen LogP contribution in [0.1, 0.15) is 0 Å². The highest BCUT2D eigenvalue weighted by atomic mass is 35.5. The van der Waals surface area contributed by atoms with Crippen LogP contribution in [0.2, 0.25) is 5.15 Å². The van der Waals surface area contributed by atoms with Crippen molar-refractivity contribution in [3.63, 3.8) is 0 Å². The molecule has 0 aromatic carbocycles. The fourth-order valence-corrected chi connectivity index (χ4v) is 2.08. The molecule has 0 aliphatic carbocycles. The molecule has 0 atom stereocenters. The van der Waals surface area contributed by atoms with E-state index in [1.807, 2.05) is 11.0 Å². The second-order valence-electron chi connectivity index (χ2n) is 4.18. The van der Waals surface area contributed by atoms with Crippen molar-refractivity contribution in [2.75, 3.05) is 31.1 Å². The van der Waals surface area contributed by atoms with Gasteiger partial charge in [0.25, 0.3) is 6.09 Å². The summed E-state index contributed by atoms with van der Waals surface area (Å²) in [6.07, 6.45) is 0.716. The highest BCUT2D eigenvalue weighted by Gasteiger charge is 2.35. The minimum atomic E-state index is -1.35. The third-order valence-electron chi connectivity index (χ3n) is 3.18. The maximum Gasteiger partial charge on any atom is 0.307 e. The normalized spacial score (nSPS) is 18.4. The average Bonchev–Trinajstić information content (AvgIpc) is 2.39. The first kappa shape index (κ1) is 12.8. The second kappa shape index (κ2) is 4.91. The first-order valence-corrected chi connectivity index (χ1v) is 5.86. The summed E-state index contributed by atoms with van der Waals surface area (Å²) in [7, 11) is 0. The fraction of sp³-hybridized carbons (Fsp3) is 0.364. The summed E-state index contributed by atoms with van der Waals surface area (Å²) in [4.78, 5) is 27.8. The van der Waals surface area contributed by atoms with Crippen LogP contribution in [0, 0.1) is 0 Å². The van der Waals surface area contributed by atoms with E-state index in [4.69, 9.17) is 11.6 Å². The van der Waals surface area contributed by atoms with E-state index >= 15 is 0 Å². The van der Waals surface area contributed by atoms with E-state index in [0.29, 0.717) is 24.7 Å². The number of carbonyl (C=O) groups excluding carboxylic acids is 2. The van der Waals surface area contributed by atoms with Gasteiger partial charge < -0.3 is 14.8 Å². The molecule has 1 aliphatic heterocycles. The van der Waals surface area contributed by atoms with Gasteiger partial charge in [0.2, 0.25) is 0 Å². The Hall–Kier alpha value is -1.66. The van der Waals surface area contributed by atoms with Gasteiger partial charge >= 0.3 is 6.41 Å². The number of hydrogen-bond donors (Lipinski definition) is 0. The molecule has 0 bridgehead atoms. The molecular formula is C11H12ClN3O3. The maximum absolute atomic E-state index is 11.0. The zero-order valence-corrected chi connectivity index (χ0v) is 10.3. The van der Waals surface area contributed by atoms with Crippen LogP contribution in [-0.4, -0.2) is 48.1 Å². The SMILES string of the molecule is O=C[N+]1(C(=O)[O-])CCN(c2ccc(Cl)nc2)CC1. The summed E-state index contributed by atoms with van der Waals surface area (Å²) >= 11 is 5.69. The Labute approximate surface area is 109 Å². The van der Waals surface area contributed by atoms with Gasteiger partial charge in [0.05, 0.1) is 25.0 Å². The lowest BCUT2D eigenvalue weighted by Gasteiger charge is -2.40. The highest BCUT2D eigenvalue weighted by molar-refractivity contribution is 6.29. The molecule has 1 aliphatic rings. The lowest BCUT2D eigenvalue weighted by molar-refractivity contribution is -0.796. The molecule has 7 heteroatoms. The zero-order chi connectivity index (χ0) is 13.2. The van der Waals surface area contributed by atoms with Gasteiger partial charge in [-0.2, -0.15) is 0 Å². The van der Waals surface area contributed by atoms with Crippen molar-refractivity contribution in [3.05, 3.63) is 23.5 Å². The van der Waals surface area contributed by atoms with Gasteiger partial charge in [-0.15, -0.1) is 0 Å². The van der Waals surface area contributed by atoms with Gasteiger partial charge in [-0.05, 0) is 12.1 Å². The summed E-state index contributed by atoms with van der Waals surface area (Å²) in [6.45, 7) is 1.29. The second-order valence-corrected chi connectivity index (χ2v) is 4.57. The molecule has 0 saturated carbocycles. The van der Waals surface area contributed by atoms with Crippen molar-refractivity contribution in [2.24, 2.45) is 0 Å². The topological polar surface area (TPSA) is 73.3 Å². The summed E-state index contributed by atoms with van der Waals surface area (Å²) in [6, 6.07) is 3.49. The maximum atomic E-state index is 11.0. The standard InChI is InChI=1S/C11H12ClN3O3/c12-10-2-1-9(7-13-10)14-3-5-15(8-16,6-4-14)11(17)18/h1-2,7-8H,3-6H2.